The second-order valence-corrected chi connectivity index (χ2v) is 4.72. The number of hydrogen-bond donors (Lipinski definition) is 0. The minimum atomic E-state index is -0.349. The van der Waals surface area contributed by atoms with Crippen LogP contribution in [0.25, 0.3) is 0 Å². The van der Waals surface area contributed by atoms with E-state index >= 15 is 0 Å². The fourth-order valence-corrected chi connectivity index (χ4v) is 2.07. The Kier molecular flexibility index (Phi) is 4.20. The highest BCUT2D eigenvalue weighted by Crippen LogP contribution is 2.21. The molecule has 1 aromatic carbocycles. The second kappa shape index (κ2) is 5.87. The average Bonchev–Trinajstić information content (AvgIpc) is 2.36. The van der Waals surface area contributed by atoms with Crippen molar-refractivity contribution >= 4 is 21.7 Å². The van der Waals surface area contributed by atoms with Gasteiger partial charge in [0.25, 0.3) is 0 Å². The van der Waals surface area contributed by atoms with E-state index < -0.39 is 0 Å². The Labute approximate surface area is 113 Å². The molecule has 0 spiro atoms. The third-order valence-electron chi connectivity index (χ3n) is 2.52. The quantitative estimate of drug-likeness (QED) is 0.867. The predicted octanol–water partition coefficient (Wildman–Crippen LogP) is 3.34. The number of benzene rings is 1. The van der Waals surface area contributed by atoms with Crippen molar-refractivity contribution in [2.24, 2.45) is 0 Å². The van der Waals surface area contributed by atoms with Gasteiger partial charge in [0.05, 0.1) is 4.47 Å². The van der Waals surface area contributed by atoms with Crippen LogP contribution in [-0.4, -0.2) is 10.8 Å². The number of pyridine rings is 1. The summed E-state index contributed by atoms with van der Waals surface area (Å²) in [6, 6.07) is 10.1. The molecule has 0 unspecified atom stereocenters. The van der Waals surface area contributed by atoms with Gasteiger partial charge in [0, 0.05) is 24.7 Å². The van der Waals surface area contributed by atoms with Crippen molar-refractivity contribution in [2.45, 2.75) is 12.8 Å². The van der Waals surface area contributed by atoms with Gasteiger partial charge in [-0.25, -0.2) is 4.39 Å². The maximum absolute atomic E-state index is 13.3. The fraction of sp³-hybridized carbons (Fsp3) is 0.143. The number of ketones is 1. The largest absolute Gasteiger partial charge is 0.299 e. The molecule has 0 saturated carbocycles. The van der Waals surface area contributed by atoms with E-state index in [1.165, 1.54) is 6.07 Å². The van der Waals surface area contributed by atoms with Crippen LogP contribution < -0.4 is 0 Å². The summed E-state index contributed by atoms with van der Waals surface area (Å²) in [5.41, 5.74) is 1.39. The van der Waals surface area contributed by atoms with Crippen molar-refractivity contribution in [3.63, 3.8) is 0 Å². The van der Waals surface area contributed by atoms with Crippen LogP contribution in [0.15, 0.2) is 47.1 Å². The molecular formula is C14H11BrFNO. The van der Waals surface area contributed by atoms with E-state index in [0.717, 1.165) is 5.69 Å². The summed E-state index contributed by atoms with van der Waals surface area (Å²) in [6.07, 6.45) is 2.12. The molecule has 2 aromatic rings. The molecule has 1 aromatic heterocycles. The van der Waals surface area contributed by atoms with E-state index in [1.54, 1.807) is 30.5 Å². The highest BCUT2D eigenvalue weighted by atomic mass is 79.9. The van der Waals surface area contributed by atoms with Crippen LogP contribution in [0, 0.1) is 5.82 Å². The predicted molar refractivity (Wildman–Crippen MR) is 70.8 cm³/mol. The van der Waals surface area contributed by atoms with E-state index in [-0.39, 0.29) is 24.4 Å². The Morgan fingerprint density at radius 1 is 1.17 bits per heavy atom. The summed E-state index contributed by atoms with van der Waals surface area (Å²) < 4.78 is 13.6. The SMILES string of the molecule is O=C(Cc1ccccn1)Cc1cccc(F)c1Br. The molecule has 2 nitrogen and oxygen atoms in total. The topological polar surface area (TPSA) is 30.0 Å². The zero-order valence-electron chi connectivity index (χ0n) is 9.57. The summed E-state index contributed by atoms with van der Waals surface area (Å²) >= 11 is 3.15. The van der Waals surface area contributed by atoms with Crippen molar-refractivity contribution in [1.82, 2.24) is 4.98 Å². The standard InChI is InChI=1S/C14H11BrFNO/c15-14-10(4-3-6-13(14)16)8-12(18)9-11-5-1-2-7-17-11/h1-7H,8-9H2. The Balaban J connectivity index is 2.06. The Hall–Kier alpha value is -1.55. The molecule has 1 heterocycles. The summed E-state index contributed by atoms with van der Waals surface area (Å²) in [5, 5.41) is 0. The van der Waals surface area contributed by atoms with E-state index in [9.17, 15) is 9.18 Å². The molecule has 0 N–H and O–H groups in total. The molecule has 0 aliphatic carbocycles. The maximum atomic E-state index is 13.3. The van der Waals surface area contributed by atoms with Crippen molar-refractivity contribution < 1.29 is 9.18 Å². The molecular weight excluding hydrogens is 297 g/mol. The van der Waals surface area contributed by atoms with Gasteiger partial charge in [-0.3, -0.25) is 9.78 Å². The fourth-order valence-electron chi connectivity index (χ4n) is 1.66. The van der Waals surface area contributed by atoms with Gasteiger partial charge >= 0.3 is 0 Å². The number of hydrogen-bond acceptors (Lipinski definition) is 2. The zero-order valence-corrected chi connectivity index (χ0v) is 11.2. The van der Waals surface area contributed by atoms with Crippen LogP contribution in [0.5, 0.6) is 0 Å². The molecule has 92 valence electrons. The molecule has 0 amide bonds. The van der Waals surface area contributed by atoms with E-state index in [0.29, 0.717) is 10.0 Å². The summed E-state index contributed by atoms with van der Waals surface area (Å²) in [7, 11) is 0. The first-order valence-electron chi connectivity index (χ1n) is 5.51. The summed E-state index contributed by atoms with van der Waals surface area (Å²) in [4.78, 5) is 16.0. The molecule has 0 saturated heterocycles. The first kappa shape index (κ1) is 12.9. The molecule has 0 aliphatic rings. The second-order valence-electron chi connectivity index (χ2n) is 3.93. The zero-order chi connectivity index (χ0) is 13.0. The van der Waals surface area contributed by atoms with Crippen LogP contribution in [0.3, 0.4) is 0 Å². The van der Waals surface area contributed by atoms with Gasteiger partial charge in [0.1, 0.15) is 11.6 Å². The van der Waals surface area contributed by atoms with Gasteiger partial charge < -0.3 is 0 Å². The third kappa shape index (κ3) is 3.23. The summed E-state index contributed by atoms with van der Waals surface area (Å²) in [5.74, 6) is -0.335. The van der Waals surface area contributed by atoms with Crippen LogP contribution in [0.1, 0.15) is 11.3 Å². The molecule has 0 fully saturated rings. The monoisotopic (exact) mass is 307 g/mol. The number of rotatable bonds is 4. The Bertz CT molecular complexity index is 557. The number of aromatic nitrogens is 1. The third-order valence-corrected chi connectivity index (χ3v) is 3.41. The number of carbonyl (C=O) groups excluding carboxylic acids is 1. The number of Topliss-reactive ketones (excluding diaryl/α,β-unsaturated/α-hetero) is 1. The van der Waals surface area contributed by atoms with Crippen molar-refractivity contribution in [3.8, 4) is 0 Å². The maximum Gasteiger partial charge on any atom is 0.143 e. The van der Waals surface area contributed by atoms with Crippen LogP contribution in [0.4, 0.5) is 4.39 Å². The van der Waals surface area contributed by atoms with Crippen LogP contribution in [-0.2, 0) is 17.6 Å². The normalized spacial score (nSPS) is 10.3. The minimum absolute atomic E-state index is 0.0139. The molecule has 4 heteroatoms. The Morgan fingerprint density at radius 2 is 2.00 bits per heavy atom. The van der Waals surface area contributed by atoms with Gasteiger partial charge in [-0.05, 0) is 39.7 Å². The van der Waals surface area contributed by atoms with Crippen molar-refractivity contribution in [1.29, 1.82) is 0 Å². The lowest BCUT2D eigenvalue weighted by molar-refractivity contribution is -0.117. The van der Waals surface area contributed by atoms with Crippen LogP contribution in [0.2, 0.25) is 0 Å². The highest BCUT2D eigenvalue weighted by Gasteiger charge is 2.10. The molecule has 18 heavy (non-hydrogen) atoms. The van der Waals surface area contributed by atoms with Gasteiger partial charge in [-0.1, -0.05) is 18.2 Å². The van der Waals surface area contributed by atoms with E-state index in [4.69, 9.17) is 0 Å². The van der Waals surface area contributed by atoms with Crippen molar-refractivity contribution in [2.75, 3.05) is 0 Å². The van der Waals surface area contributed by atoms with Crippen molar-refractivity contribution in [3.05, 3.63) is 64.1 Å². The lowest BCUT2D eigenvalue weighted by atomic mass is 10.1. The molecule has 0 radical (unpaired) electrons. The van der Waals surface area contributed by atoms with Gasteiger partial charge in [-0.2, -0.15) is 0 Å². The van der Waals surface area contributed by atoms with E-state index in [2.05, 4.69) is 20.9 Å². The van der Waals surface area contributed by atoms with Crippen LogP contribution >= 0.6 is 15.9 Å². The van der Waals surface area contributed by atoms with Gasteiger partial charge in [0.2, 0.25) is 0 Å². The minimum Gasteiger partial charge on any atom is -0.299 e. The smallest absolute Gasteiger partial charge is 0.143 e. The summed E-state index contributed by atoms with van der Waals surface area (Å²) in [6.45, 7) is 0. The first-order valence-corrected chi connectivity index (χ1v) is 6.30. The first-order chi connectivity index (χ1) is 8.66. The lowest BCUT2D eigenvalue weighted by Crippen LogP contribution is -2.08. The number of nitrogens with zero attached hydrogens (tertiary/aromatic N) is 1. The van der Waals surface area contributed by atoms with Gasteiger partial charge in [0.15, 0.2) is 0 Å². The Morgan fingerprint density at radius 3 is 2.72 bits per heavy atom. The van der Waals surface area contributed by atoms with Gasteiger partial charge in [-0.15, -0.1) is 0 Å². The average molecular weight is 308 g/mol. The number of carbonyl (C=O) groups is 1. The molecule has 0 bridgehead atoms. The highest BCUT2D eigenvalue weighted by molar-refractivity contribution is 9.10. The van der Waals surface area contributed by atoms with E-state index in [1.807, 2.05) is 6.07 Å². The number of halogens is 2. The molecule has 0 atom stereocenters. The molecule has 2 rings (SSSR count). The molecule has 0 aliphatic heterocycles. The lowest BCUT2D eigenvalue weighted by Gasteiger charge is -2.04.